The number of nitrogens with one attached hydrogen (secondary N) is 1. The third-order valence-electron chi connectivity index (χ3n) is 3.24. The summed E-state index contributed by atoms with van der Waals surface area (Å²) in [5, 5.41) is 9.62. The molecule has 3 aromatic rings. The van der Waals surface area contributed by atoms with Gasteiger partial charge in [-0.15, -0.1) is 11.3 Å². The molecular weight excluding hydrogens is 256 g/mol. The van der Waals surface area contributed by atoms with Crippen LogP contribution in [-0.4, -0.2) is 20.2 Å². The van der Waals surface area contributed by atoms with Crippen LogP contribution in [0.1, 0.15) is 16.7 Å². The van der Waals surface area contributed by atoms with E-state index in [0.29, 0.717) is 0 Å². The summed E-state index contributed by atoms with van der Waals surface area (Å²) in [6, 6.07) is 4.40. The first-order chi connectivity index (χ1) is 9.15. The molecule has 0 atom stereocenters. The summed E-state index contributed by atoms with van der Waals surface area (Å²) in [6.07, 6.45) is 1.50. The largest absolute Gasteiger partial charge is 0.257 e. The molecule has 4 nitrogen and oxygen atoms in total. The van der Waals surface area contributed by atoms with E-state index in [1.807, 2.05) is 0 Å². The molecule has 5 heteroatoms. The van der Waals surface area contributed by atoms with Crippen LogP contribution >= 0.6 is 11.3 Å². The van der Waals surface area contributed by atoms with Gasteiger partial charge in [-0.2, -0.15) is 5.10 Å². The number of aromatic nitrogens is 4. The summed E-state index contributed by atoms with van der Waals surface area (Å²) in [5.74, 6) is 0.720. The van der Waals surface area contributed by atoms with Crippen molar-refractivity contribution in [2.75, 3.05) is 0 Å². The molecule has 0 aliphatic heterocycles. The fourth-order valence-electron chi connectivity index (χ4n) is 2.05. The third kappa shape index (κ3) is 2.17. The van der Waals surface area contributed by atoms with Crippen LogP contribution in [0.15, 0.2) is 23.8 Å². The molecule has 0 saturated heterocycles. The van der Waals surface area contributed by atoms with Gasteiger partial charge in [0.1, 0.15) is 6.33 Å². The summed E-state index contributed by atoms with van der Waals surface area (Å²) < 4.78 is 0. The SMILES string of the molecule is Cc1cc(C)c(-c2csc(-c3ncn[nH]3)n2)cc1C. The standard InChI is InChI=1S/C14H14N4S/c1-8-4-10(3)11(5-9(8)2)12-6-19-14(17-12)13-15-7-16-18-13/h4-7H,1-3H3,(H,15,16,18). The second-order valence-electron chi connectivity index (χ2n) is 4.62. The number of rotatable bonds is 2. The normalized spacial score (nSPS) is 10.9. The Hall–Kier alpha value is -2.01. The van der Waals surface area contributed by atoms with E-state index in [2.05, 4.69) is 58.4 Å². The zero-order valence-corrected chi connectivity index (χ0v) is 11.9. The first-order valence-corrected chi connectivity index (χ1v) is 6.92. The maximum Gasteiger partial charge on any atom is 0.184 e. The average molecular weight is 270 g/mol. The number of aryl methyl sites for hydroxylation is 3. The van der Waals surface area contributed by atoms with Gasteiger partial charge in [-0.3, -0.25) is 5.10 Å². The van der Waals surface area contributed by atoms with Crippen LogP contribution < -0.4 is 0 Å². The molecule has 3 rings (SSSR count). The van der Waals surface area contributed by atoms with Crippen LogP contribution in [0, 0.1) is 20.8 Å². The molecule has 1 N–H and O–H groups in total. The van der Waals surface area contributed by atoms with E-state index in [1.165, 1.54) is 28.6 Å². The van der Waals surface area contributed by atoms with E-state index in [0.717, 1.165) is 16.5 Å². The van der Waals surface area contributed by atoms with E-state index in [-0.39, 0.29) is 0 Å². The monoisotopic (exact) mass is 270 g/mol. The lowest BCUT2D eigenvalue weighted by Crippen LogP contribution is -1.89. The predicted molar refractivity (Wildman–Crippen MR) is 77.1 cm³/mol. The zero-order valence-electron chi connectivity index (χ0n) is 11.1. The number of aromatic amines is 1. The summed E-state index contributed by atoms with van der Waals surface area (Å²) in [5.41, 5.74) is 6.03. The van der Waals surface area contributed by atoms with Crippen molar-refractivity contribution in [1.82, 2.24) is 20.2 Å². The van der Waals surface area contributed by atoms with Gasteiger partial charge in [0.25, 0.3) is 0 Å². The lowest BCUT2D eigenvalue weighted by molar-refractivity contribution is 1.09. The Bertz CT molecular complexity index is 713. The van der Waals surface area contributed by atoms with Gasteiger partial charge in [0, 0.05) is 10.9 Å². The topological polar surface area (TPSA) is 54.5 Å². The Morgan fingerprint density at radius 3 is 2.58 bits per heavy atom. The molecular formula is C14H14N4S. The van der Waals surface area contributed by atoms with E-state index < -0.39 is 0 Å². The molecule has 96 valence electrons. The van der Waals surface area contributed by atoms with Gasteiger partial charge in [0.15, 0.2) is 10.8 Å². The second kappa shape index (κ2) is 4.59. The highest BCUT2D eigenvalue weighted by molar-refractivity contribution is 7.13. The van der Waals surface area contributed by atoms with Gasteiger partial charge in [0.2, 0.25) is 0 Å². The van der Waals surface area contributed by atoms with Crippen LogP contribution in [0.2, 0.25) is 0 Å². The number of H-pyrrole nitrogens is 1. The number of thiazole rings is 1. The number of nitrogens with zero attached hydrogens (tertiary/aromatic N) is 3. The fourth-order valence-corrected chi connectivity index (χ4v) is 2.82. The summed E-state index contributed by atoms with van der Waals surface area (Å²) in [6.45, 7) is 6.38. The summed E-state index contributed by atoms with van der Waals surface area (Å²) in [4.78, 5) is 8.77. The summed E-state index contributed by atoms with van der Waals surface area (Å²) >= 11 is 1.58. The van der Waals surface area contributed by atoms with Crippen LogP contribution in [0.25, 0.3) is 22.1 Å². The Kier molecular flexibility index (Phi) is 2.91. The molecule has 1 aromatic carbocycles. The summed E-state index contributed by atoms with van der Waals surface area (Å²) in [7, 11) is 0. The van der Waals surface area contributed by atoms with Crippen LogP contribution in [0.3, 0.4) is 0 Å². The minimum Gasteiger partial charge on any atom is -0.257 e. The van der Waals surface area contributed by atoms with Crippen molar-refractivity contribution in [3.8, 4) is 22.1 Å². The van der Waals surface area contributed by atoms with Crippen LogP contribution in [0.4, 0.5) is 0 Å². The van der Waals surface area contributed by atoms with Crippen molar-refractivity contribution in [2.24, 2.45) is 0 Å². The van der Waals surface area contributed by atoms with E-state index >= 15 is 0 Å². The van der Waals surface area contributed by atoms with Crippen LogP contribution in [-0.2, 0) is 0 Å². The van der Waals surface area contributed by atoms with Gasteiger partial charge < -0.3 is 0 Å². The van der Waals surface area contributed by atoms with E-state index in [4.69, 9.17) is 0 Å². The molecule has 0 spiro atoms. The molecule has 2 heterocycles. The molecule has 19 heavy (non-hydrogen) atoms. The number of hydrogen-bond donors (Lipinski definition) is 1. The molecule has 2 aromatic heterocycles. The maximum absolute atomic E-state index is 4.64. The first kappa shape index (κ1) is 12.0. The Morgan fingerprint density at radius 2 is 1.84 bits per heavy atom. The maximum atomic E-state index is 4.64. The lowest BCUT2D eigenvalue weighted by atomic mass is 9.99. The molecule has 0 bridgehead atoms. The Morgan fingerprint density at radius 1 is 1.05 bits per heavy atom. The minimum atomic E-state index is 0.720. The van der Waals surface area contributed by atoms with Crippen molar-refractivity contribution in [3.05, 3.63) is 40.5 Å². The van der Waals surface area contributed by atoms with E-state index in [9.17, 15) is 0 Å². The van der Waals surface area contributed by atoms with Gasteiger partial charge in [0.05, 0.1) is 5.69 Å². The van der Waals surface area contributed by atoms with Gasteiger partial charge in [-0.1, -0.05) is 6.07 Å². The fraction of sp³-hybridized carbons (Fsp3) is 0.214. The average Bonchev–Trinajstić information content (AvgIpc) is 3.03. The smallest absolute Gasteiger partial charge is 0.184 e. The zero-order chi connectivity index (χ0) is 13.4. The molecule has 0 fully saturated rings. The minimum absolute atomic E-state index is 0.720. The highest BCUT2D eigenvalue weighted by Crippen LogP contribution is 2.30. The molecule has 0 aliphatic rings. The van der Waals surface area contributed by atoms with Gasteiger partial charge in [-0.25, -0.2) is 9.97 Å². The van der Waals surface area contributed by atoms with Crippen molar-refractivity contribution >= 4 is 11.3 Å². The van der Waals surface area contributed by atoms with Gasteiger partial charge in [-0.05, 0) is 43.5 Å². The van der Waals surface area contributed by atoms with Crippen molar-refractivity contribution < 1.29 is 0 Å². The predicted octanol–water partition coefficient (Wildman–Crippen LogP) is 3.52. The third-order valence-corrected chi connectivity index (χ3v) is 4.09. The highest BCUT2D eigenvalue weighted by Gasteiger charge is 2.11. The molecule has 0 aliphatic carbocycles. The van der Waals surface area contributed by atoms with Crippen molar-refractivity contribution in [2.45, 2.75) is 20.8 Å². The van der Waals surface area contributed by atoms with Crippen molar-refractivity contribution in [3.63, 3.8) is 0 Å². The molecule has 0 saturated carbocycles. The number of benzene rings is 1. The number of hydrogen-bond acceptors (Lipinski definition) is 4. The Balaban J connectivity index is 2.06. The first-order valence-electron chi connectivity index (χ1n) is 6.04. The Labute approximate surface area is 115 Å². The molecule has 0 radical (unpaired) electrons. The quantitative estimate of drug-likeness (QED) is 0.775. The van der Waals surface area contributed by atoms with Crippen molar-refractivity contribution in [1.29, 1.82) is 0 Å². The van der Waals surface area contributed by atoms with Crippen LogP contribution in [0.5, 0.6) is 0 Å². The second-order valence-corrected chi connectivity index (χ2v) is 5.48. The van der Waals surface area contributed by atoms with Gasteiger partial charge >= 0.3 is 0 Å². The van der Waals surface area contributed by atoms with E-state index in [1.54, 1.807) is 11.3 Å². The molecule has 0 amide bonds. The highest BCUT2D eigenvalue weighted by atomic mass is 32.1. The lowest BCUT2D eigenvalue weighted by Gasteiger charge is -2.07. The molecule has 0 unspecified atom stereocenters.